The molecule has 0 bridgehead atoms. The Labute approximate surface area is 152 Å². The highest BCUT2D eigenvalue weighted by Crippen LogP contribution is 2.37. The van der Waals surface area contributed by atoms with Crippen molar-refractivity contribution in [3.05, 3.63) is 48.0 Å². The highest BCUT2D eigenvalue weighted by atomic mass is 16.5. The van der Waals surface area contributed by atoms with Crippen LogP contribution in [-0.2, 0) is 9.59 Å². The number of hydrogen-bond donors (Lipinski definition) is 2. The van der Waals surface area contributed by atoms with Gasteiger partial charge >= 0.3 is 0 Å². The van der Waals surface area contributed by atoms with Crippen LogP contribution >= 0.6 is 0 Å². The summed E-state index contributed by atoms with van der Waals surface area (Å²) >= 11 is 0. The van der Waals surface area contributed by atoms with E-state index in [1.807, 2.05) is 37.3 Å². The van der Waals surface area contributed by atoms with Gasteiger partial charge in [0.1, 0.15) is 12.4 Å². The highest BCUT2D eigenvalue weighted by Gasteiger charge is 2.37. The lowest BCUT2D eigenvalue weighted by molar-refractivity contribution is -0.129. The van der Waals surface area contributed by atoms with E-state index in [9.17, 15) is 9.59 Å². The number of carbonyl (C=O) groups is 2. The van der Waals surface area contributed by atoms with E-state index in [1.165, 1.54) is 4.90 Å². The Hall–Kier alpha value is -3.09. The number of pyridine rings is 1. The van der Waals surface area contributed by atoms with Gasteiger partial charge in [0.25, 0.3) is 5.91 Å². The van der Waals surface area contributed by atoms with Crippen LogP contribution in [0.15, 0.2) is 42.5 Å². The first-order valence-electron chi connectivity index (χ1n) is 8.66. The van der Waals surface area contributed by atoms with E-state index in [-0.39, 0.29) is 30.0 Å². The molecule has 3 rings (SSSR count). The molecule has 1 aromatic heterocycles. The molecule has 1 aliphatic heterocycles. The predicted octanol–water partition coefficient (Wildman–Crippen LogP) is 2.05. The maximum absolute atomic E-state index is 13.0. The van der Waals surface area contributed by atoms with Gasteiger partial charge in [-0.15, -0.1) is 0 Å². The van der Waals surface area contributed by atoms with Crippen LogP contribution < -0.4 is 20.7 Å². The van der Waals surface area contributed by atoms with Crippen molar-refractivity contribution in [1.29, 1.82) is 0 Å². The van der Waals surface area contributed by atoms with Crippen LogP contribution in [0.25, 0.3) is 0 Å². The van der Waals surface area contributed by atoms with Gasteiger partial charge in [0.2, 0.25) is 12.0 Å². The lowest BCUT2D eigenvalue weighted by Crippen LogP contribution is -2.47. The quantitative estimate of drug-likeness (QED) is 0.774. The van der Waals surface area contributed by atoms with Gasteiger partial charge in [0.15, 0.2) is 11.6 Å². The first-order chi connectivity index (χ1) is 12.6. The molecule has 136 valence electrons. The Morgan fingerprint density at radius 2 is 2.04 bits per heavy atom. The fourth-order valence-corrected chi connectivity index (χ4v) is 2.75. The number of nitrogens with one attached hydrogen (secondary N) is 1. The molecule has 0 saturated heterocycles. The van der Waals surface area contributed by atoms with Crippen LogP contribution in [0.3, 0.4) is 0 Å². The predicted molar refractivity (Wildman–Crippen MR) is 98.7 cm³/mol. The lowest BCUT2D eigenvalue weighted by Gasteiger charge is -2.33. The van der Waals surface area contributed by atoms with Gasteiger partial charge in [-0.05, 0) is 18.6 Å². The smallest absolute Gasteiger partial charge is 0.274 e. The molecule has 2 aromatic rings. The number of carbonyl (C=O) groups excluding carboxylic acids is 2. The molecule has 0 spiro atoms. The van der Waals surface area contributed by atoms with E-state index in [4.69, 9.17) is 10.5 Å². The van der Waals surface area contributed by atoms with Crippen LogP contribution in [0, 0.1) is 0 Å². The molecule has 1 atom stereocenters. The van der Waals surface area contributed by atoms with Crippen molar-refractivity contribution < 1.29 is 14.3 Å². The van der Waals surface area contributed by atoms with Gasteiger partial charge in [0.05, 0.1) is 0 Å². The Balaban J connectivity index is 1.88. The number of amides is 2. The van der Waals surface area contributed by atoms with Crippen LogP contribution in [0.5, 0.6) is 5.75 Å². The fourth-order valence-electron chi connectivity index (χ4n) is 2.75. The summed E-state index contributed by atoms with van der Waals surface area (Å²) in [4.78, 5) is 30.8. The van der Waals surface area contributed by atoms with Gasteiger partial charge in [-0.3, -0.25) is 14.5 Å². The molecule has 1 aliphatic rings. The van der Waals surface area contributed by atoms with Crippen molar-refractivity contribution in [3.8, 4) is 5.75 Å². The van der Waals surface area contributed by atoms with Gasteiger partial charge < -0.3 is 15.8 Å². The minimum absolute atomic E-state index is 0.126. The zero-order valence-corrected chi connectivity index (χ0v) is 14.6. The molecule has 7 nitrogen and oxygen atoms in total. The SMILES string of the molecule is CCCCNC(=O)CN1C(=O)C(c2ccccc2)Oc2ccc(N)nc21. The van der Waals surface area contributed by atoms with Gasteiger partial charge in [-0.1, -0.05) is 43.7 Å². The maximum Gasteiger partial charge on any atom is 0.274 e. The number of aromatic nitrogens is 1. The molecule has 2 amide bonds. The van der Waals surface area contributed by atoms with Crippen molar-refractivity contribution in [2.24, 2.45) is 0 Å². The molecule has 0 aliphatic carbocycles. The first kappa shape index (κ1) is 17.7. The summed E-state index contributed by atoms with van der Waals surface area (Å²) in [6, 6.07) is 12.5. The van der Waals surface area contributed by atoms with Crippen LogP contribution in [0.1, 0.15) is 31.4 Å². The number of benzene rings is 1. The number of nitrogens with two attached hydrogens (primary N) is 1. The lowest BCUT2D eigenvalue weighted by atomic mass is 10.1. The van der Waals surface area contributed by atoms with Crippen LogP contribution in [-0.4, -0.2) is 29.9 Å². The van der Waals surface area contributed by atoms with Gasteiger partial charge in [0, 0.05) is 12.1 Å². The zero-order valence-electron chi connectivity index (χ0n) is 14.6. The monoisotopic (exact) mass is 354 g/mol. The van der Waals surface area contributed by atoms with E-state index >= 15 is 0 Å². The number of nitrogens with zero attached hydrogens (tertiary/aromatic N) is 2. The van der Waals surface area contributed by atoms with Crippen LogP contribution in [0.2, 0.25) is 0 Å². The van der Waals surface area contributed by atoms with E-state index in [0.29, 0.717) is 12.3 Å². The second-order valence-electron chi connectivity index (χ2n) is 6.09. The van der Waals surface area contributed by atoms with Crippen molar-refractivity contribution in [1.82, 2.24) is 10.3 Å². The van der Waals surface area contributed by atoms with Crippen LogP contribution in [0.4, 0.5) is 11.6 Å². The maximum atomic E-state index is 13.0. The first-order valence-corrected chi connectivity index (χ1v) is 8.66. The summed E-state index contributed by atoms with van der Waals surface area (Å²) in [5.74, 6) is 0.375. The third kappa shape index (κ3) is 3.77. The normalized spacial score (nSPS) is 16.0. The van der Waals surface area contributed by atoms with Crippen molar-refractivity contribution in [2.75, 3.05) is 23.7 Å². The molecule has 1 unspecified atom stereocenters. The molecule has 0 fully saturated rings. The Bertz CT molecular complexity index is 795. The number of fused-ring (bicyclic) bond motifs is 1. The van der Waals surface area contributed by atoms with E-state index < -0.39 is 6.10 Å². The molecule has 3 N–H and O–H groups in total. The molecule has 2 heterocycles. The topological polar surface area (TPSA) is 97.5 Å². The number of nitrogen functional groups attached to an aromatic ring is 1. The minimum atomic E-state index is -0.822. The van der Waals surface area contributed by atoms with Crippen molar-refractivity contribution in [2.45, 2.75) is 25.9 Å². The standard InChI is InChI=1S/C19H22N4O3/c1-2-3-11-21-16(24)12-23-18-14(9-10-15(20)22-18)26-17(19(23)25)13-7-5-4-6-8-13/h4-10,17H,2-3,11-12H2,1H3,(H2,20,22)(H,21,24). The average Bonchev–Trinajstić information content (AvgIpc) is 2.65. The largest absolute Gasteiger partial charge is 0.472 e. The summed E-state index contributed by atoms with van der Waals surface area (Å²) in [5.41, 5.74) is 6.48. The van der Waals surface area contributed by atoms with Gasteiger partial charge in [-0.2, -0.15) is 0 Å². The summed E-state index contributed by atoms with van der Waals surface area (Å²) in [6.07, 6.45) is 1.04. The molecule has 0 saturated carbocycles. The average molecular weight is 354 g/mol. The van der Waals surface area contributed by atoms with E-state index in [1.54, 1.807) is 12.1 Å². The van der Waals surface area contributed by atoms with E-state index in [0.717, 1.165) is 18.4 Å². The molecule has 26 heavy (non-hydrogen) atoms. The molecule has 1 aromatic carbocycles. The zero-order chi connectivity index (χ0) is 18.5. The summed E-state index contributed by atoms with van der Waals surface area (Å²) in [7, 11) is 0. The fraction of sp³-hybridized carbons (Fsp3) is 0.316. The number of ether oxygens (including phenoxy) is 1. The number of anilines is 2. The Morgan fingerprint density at radius 3 is 2.77 bits per heavy atom. The number of hydrogen-bond acceptors (Lipinski definition) is 5. The number of rotatable bonds is 6. The van der Waals surface area contributed by atoms with Crippen molar-refractivity contribution in [3.63, 3.8) is 0 Å². The molecular weight excluding hydrogens is 332 g/mol. The molecule has 7 heteroatoms. The van der Waals surface area contributed by atoms with Crippen molar-refractivity contribution >= 4 is 23.5 Å². The van der Waals surface area contributed by atoms with E-state index in [2.05, 4.69) is 10.3 Å². The highest BCUT2D eigenvalue weighted by molar-refractivity contribution is 6.03. The molecular formula is C19H22N4O3. The third-order valence-electron chi connectivity index (χ3n) is 4.11. The van der Waals surface area contributed by atoms with Gasteiger partial charge in [-0.25, -0.2) is 4.98 Å². The second-order valence-corrected chi connectivity index (χ2v) is 6.09. The second kappa shape index (κ2) is 7.86. The summed E-state index contributed by atoms with van der Waals surface area (Å²) in [5, 5.41) is 2.82. The number of unbranched alkanes of at least 4 members (excludes halogenated alkanes) is 1. The third-order valence-corrected chi connectivity index (χ3v) is 4.11. The Kier molecular flexibility index (Phi) is 5.36. The Morgan fingerprint density at radius 1 is 1.27 bits per heavy atom. The summed E-state index contributed by atoms with van der Waals surface area (Å²) in [6.45, 7) is 2.50. The summed E-state index contributed by atoms with van der Waals surface area (Å²) < 4.78 is 5.85. The minimum Gasteiger partial charge on any atom is -0.472 e. The molecule has 0 radical (unpaired) electrons.